The topological polar surface area (TPSA) is 74.8 Å². The Labute approximate surface area is 214 Å². The molecule has 0 saturated carbocycles. The van der Waals surface area contributed by atoms with E-state index in [1.165, 1.54) is 18.4 Å². The van der Waals surface area contributed by atoms with Crippen LogP contribution in [-0.4, -0.2) is 84.4 Å². The van der Waals surface area contributed by atoms with E-state index in [0.717, 1.165) is 68.3 Å². The number of nitrogens with zero attached hydrogens (tertiary/aromatic N) is 3. The SMILES string of the molecule is CC(O)C(NC(=O)c1ccc2[nH]c(N3CCC(Cc4ccccc4)CC3)cc2c1)N1CCN(C)CC1. The third kappa shape index (κ3) is 5.75. The highest BCUT2D eigenvalue weighted by Gasteiger charge is 2.28. The summed E-state index contributed by atoms with van der Waals surface area (Å²) in [6.07, 6.45) is 2.49. The molecule has 2 saturated heterocycles. The number of amides is 1. The van der Waals surface area contributed by atoms with E-state index in [1.807, 2.05) is 18.2 Å². The van der Waals surface area contributed by atoms with Gasteiger partial charge in [-0.05, 0) is 69.0 Å². The first-order valence-electron chi connectivity index (χ1n) is 13.3. The second-order valence-electron chi connectivity index (χ2n) is 10.6. The van der Waals surface area contributed by atoms with E-state index in [4.69, 9.17) is 0 Å². The zero-order valence-electron chi connectivity index (χ0n) is 21.5. The van der Waals surface area contributed by atoms with Gasteiger partial charge in [0, 0.05) is 55.7 Å². The summed E-state index contributed by atoms with van der Waals surface area (Å²) >= 11 is 0. The van der Waals surface area contributed by atoms with Crippen LogP contribution in [0.15, 0.2) is 54.6 Å². The van der Waals surface area contributed by atoms with E-state index in [9.17, 15) is 9.90 Å². The number of aliphatic hydroxyl groups is 1. The minimum atomic E-state index is -0.648. The number of fused-ring (bicyclic) bond motifs is 1. The summed E-state index contributed by atoms with van der Waals surface area (Å²) in [4.78, 5) is 23.5. The lowest BCUT2D eigenvalue weighted by Gasteiger charge is -2.39. The quantitative estimate of drug-likeness (QED) is 0.475. The van der Waals surface area contributed by atoms with E-state index >= 15 is 0 Å². The number of anilines is 1. The van der Waals surface area contributed by atoms with Crippen LogP contribution in [0.2, 0.25) is 0 Å². The molecular weight excluding hydrogens is 450 g/mol. The molecule has 2 fully saturated rings. The van der Waals surface area contributed by atoms with Gasteiger partial charge in [-0.3, -0.25) is 9.69 Å². The molecule has 0 bridgehead atoms. The number of aliphatic hydroxyl groups excluding tert-OH is 1. The van der Waals surface area contributed by atoms with E-state index in [1.54, 1.807) is 6.92 Å². The Kier molecular flexibility index (Phi) is 7.60. The number of likely N-dealkylation sites (N-methyl/N-ethyl adjacent to an activating group) is 1. The molecule has 3 aromatic rings. The summed E-state index contributed by atoms with van der Waals surface area (Å²) in [5.41, 5.74) is 3.09. The van der Waals surface area contributed by atoms with E-state index in [0.29, 0.717) is 5.56 Å². The molecule has 2 aliphatic heterocycles. The number of hydrogen-bond acceptors (Lipinski definition) is 5. The van der Waals surface area contributed by atoms with Gasteiger partial charge in [0.1, 0.15) is 12.0 Å². The van der Waals surface area contributed by atoms with Crippen LogP contribution in [-0.2, 0) is 6.42 Å². The van der Waals surface area contributed by atoms with Crippen LogP contribution in [0.1, 0.15) is 35.7 Å². The number of benzene rings is 2. The average Bonchev–Trinajstić information content (AvgIpc) is 3.32. The molecule has 2 aromatic carbocycles. The number of aromatic amines is 1. The zero-order valence-corrected chi connectivity index (χ0v) is 21.5. The second-order valence-corrected chi connectivity index (χ2v) is 10.6. The molecule has 0 aliphatic carbocycles. The number of H-pyrrole nitrogens is 1. The molecule has 3 N–H and O–H groups in total. The molecule has 1 amide bonds. The minimum absolute atomic E-state index is 0.147. The summed E-state index contributed by atoms with van der Waals surface area (Å²) in [5.74, 6) is 1.71. The fraction of sp³-hybridized carbons (Fsp3) is 0.483. The van der Waals surface area contributed by atoms with Crippen LogP contribution in [0.4, 0.5) is 5.82 Å². The predicted molar refractivity (Wildman–Crippen MR) is 145 cm³/mol. The van der Waals surface area contributed by atoms with Gasteiger partial charge in [-0.2, -0.15) is 0 Å². The molecule has 36 heavy (non-hydrogen) atoms. The van der Waals surface area contributed by atoms with Crippen molar-refractivity contribution >= 4 is 22.6 Å². The molecule has 2 unspecified atom stereocenters. The highest BCUT2D eigenvalue weighted by Crippen LogP contribution is 2.28. The van der Waals surface area contributed by atoms with Gasteiger partial charge in [-0.15, -0.1) is 0 Å². The number of piperidine rings is 1. The average molecular weight is 490 g/mol. The maximum atomic E-state index is 13.1. The van der Waals surface area contributed by atoms with Gasteiger partial charge in [0.15, 0.2) is 0 Å². The lowest BCUT2D eigenvalue weighted by molar-refractivity contribution is 0.0153. The van der Waals surface area contributed by atoms with Gasteiger partial charge in [0.2, 0.25) is 0 Å². The molecule has 7 nitrogen and oxygen atoms in total. The van der Waals surface area contributed by atoms with Crippen LogP contribution in [0.25, 0.3) is 10.9 Å². The van der Waals surface area contributed by atoms with Gasteiger partial charge in [-0.25, -0.2) is 0 Å². The number of carbonyl (C=O) groups excluding carboxylic acids is 1. The molecule has 2 atom stereocenters. The number of piperazine rings is 1. The van der Waals surface area contributed by atoms with Gasteiger partial charge in [-0.1, -0.05) is 30.3 Å². The van der Waals surface area contributed by atoms with Gasteiger partial charge in [0.25, 0.3) is 5.91 Å². The third-order valence-electron chi connectivity index (χ3n) is 7.86. The fourth-order valence-electron chi connectivity index (χ4n) is 5.59. The molecule has 1 aromatic heterocycles. The molecule has 5 rings (SSSR count). The monoisotopic (exact) mass is 489 g/mol. The summed E-state index contributed by atoms with van der Waals surface area (Å²) < 4.78 is 0. The minimum Gasteiger partial charge on any atom is -0.390 e. The standard InChI is InChI=1S/C29H39N5O2/c1-21(35)28(34-16-14-32(2)15-17-34)31-29(36)24-8-9-26-25(19-24)20-27(30-26)33-12-10-23(11-13-33)18-22-6-4-3-5-7-22/h3-9,19-21,23,28,30,35H,10-18H2,1-2H3,(H,31,36). The van der Waals surface area contributed by atoms with Gasteiger partial charge < -0.3 is 25.2 Å². The largest absolute Gasteiger partial charge is 0.390 e. The van der Waals surface area contributed by atoms with Gasteiger partial charge in [0.05, 0.1) is 6.10 Å². The van der Waals surface area contributed by atoms with Crippen LogP contribution >= 0.6 is 0 Å². The fourth-order valence-corrected chi connectivity index (χ4v) is 5.59. The summed E-state index contributed by atoms with van der Waals surface area (Å²) in [6.45, 7) is 7.34. The van der Waals surface area contributed by atoms with Crippen molar-refractivity contribution in [2.45, 2.75) is 38.5 Å². The normalized spacial score (nSPS) is 19.9. The molecule has 192 valence electrons. The molecule has 7 heteroatoms. The smallest absolute Gasteiger partial charge is 0.252 e. The molecular formula is C29H39N5O2. The van der Waals surface area contributed by atoms with Crippen LogP contribution in [0, 0.1) is 5.92 Å². The Morgan fingerprint density at radius 1 is 1.03 bits per heavy atom. The van der Waals surface area contributed by atoms with E-state index in [2.05, 4.69) is 68.4 Å². The Bertz CT molecular complexity index is 1140. The van der Waals surface area contributed by atoms with Crippen molar-refractivity contribution < 1.29 is 9.90 Å². The first kappa shape index (κ1) is 24.8. The maximum Gasteiger partial charge on any atom is 0.252 e. The van der Waals surface area contributed by atoms with Crippen molar-refractivity contribution in [1.82, 2.24) is 20.1 Å². The number of hydrogen-bond donors (Lipinski definition) is 3. The highest BCUT2D eigenvalue weighted by atomic mass is 16.3. The van der Waals surface area contributed by atoms with Crippen LogP contribution in [0.5, 0.6) is 0 Å². The summed E-state index contributed by atoms with van der Waals surface area (Å²) in [6, 6.07) is 18.8. The lowest BCUT2D eigenvalue weighted by Crippen LogP contribution is -2.59. The van der Waals surface area contributed by atoms with Crippen molar-refractivity contribution in [2.24, 2.45) is 5.92 Å². The molecule has 2 aliphatic rings. The maximum absolute atomic E-state index is 13.1. The molecule has 3 heterocycles. The number of aromatic nitrogens is 1. The number of rotatable bonds is 7. The third-order valence-corrected chi connectivity index (χ3v) is 7.86. The van der Waals surface area contributed by atoms with Crippen molar-refractivity contribution in [3.05, 3.63) is 65.7 Å². The molecule has 0 spiro atoms. The zero-order chi connectivity index (χ0) is 25.1. The molecule has 0 radical (unpaired) electrons. The Morgan fingerprint density at radius 3 is 2.44 bits per heavy atom. The summed E-state index contributed by atoms with van der Waals surface area (Å²) in [7, 11) is 2.10. The Morgan fingerprint density at radius 2 is 1.75 bits per heavy atom. The van der Waals surface area contributed by atoms with Gasteiger partial charge >= 0.3 is 0 Å². The van der Waals surface area contributed by atoms with E-state index < -0.39 is 6.10 Å². The Hall–Kier alpha value is -2.87. The number of carbonyl (C=O) groups is 1. The van der Waals surface area contributed by atoms with Crippen molar-refractivity contribution in [1.29, 1.82) is 0 Å². The highest BCUT2D eigenvalue weighted by molar-refractivity contribution is 5.99. The summed E-state index contributed by atoms with van der Waals surface area (Å²) in [5, 5.41) is 14.5. The second kappa shape index (κ2) is 11.0. The Balaban J connectivity index is 1.22. The van der Waals surface area contributed by atoms with Crippen LogP contribution in [0.3, 0.4) is 0 Å². The van der Waals surface area contributed by atoms with E-state index in [-0.39, 0.29) is 12.1 Å². The predicted octanol–water partition coefficient (Wildman–Crippen LogP) is 3.31. The number of nitrogens with one attached hydrogen (secondary N) is 2. The van der Waals surface area contributed by atoms with Crippen molar-refractivity contribution in [3.63, 3.8) is 0 Å². The van der Waals surface area contributed by atoms with Crippen molar-refractivity contribution in [3.8, 4) is 0 Å². The first-order chi connectivity index (χ1) is 17.5. The first-order valence-corrected chi connectivity index (χ1v) is 13.3. The van der Waals surface area contributed by atoms with Crippen molar-refractivity contribution in [2.75, 3.05) is 51.2 Å². The lowest BCUT2D eigenvalue weighted by atomic mass is 9.90. The van der Waals surface area contributed by atoms with Crippen LogP contribution < -0.4 is 10.2 Å².